The van der Waals surface area contributed by atoms with Crippen LogP contribution in [0.5, 0.6) is 0 Å². The molecule has 1 aliphatic rings. The molecule has 0 bridgehead atoms. The number of aliphatic carboxylic acids is 1. The van der Waals surface area contributed by atoms with Crippen molar-refractivity contribution < 1.29 is 9.90 Å². The summed E-state index contributed by atoms with van der Waals surface area (Å²) in [6, 6.07) is 0. The Labute approximate surface area is 81.8 Å². The van der Waals surface area contributed by atoms with Crippen LogP contribution in [0.15, 0.2) is 12.7 Å². The number of aryl methyl sites for hydroxylation is 1. The Morgan fingerprint density at radius 1 is 1.57 bits per heavy atom. The lowest BCUT2D eigenvalue weighted by molar-refractivity contribution is -0.138. The lowest BCUT2D eigenvalue weighted by atomic mass is 9.98. The molecule has 1 N–H and O–H groups in total. The van der Waals surface area contributed by atoms with Crippen LogP contribution in [-0.2, 0) is 11.3 Å². The van der Waals surface area contributed by atoms with Gasteiger partial charge in [-0.15, -0.1) is 0 Å². The van der Waals surface area contributed by atoms with Crippen LogP contribution in [0.4, 0.5) is 0 Å². The molecule has 5 heteroatoms. The second-order valence-corrected chi connectivity index (χ2v) is 3.98. The van der Waals surface area contributed by atoms with Crippen molar-refractivity contribution in [3.8, 4) is 0 Å². The molecule has 0 saturated heterocycles. The van der Waals surface area contributed by atoms with Gasteiger partial charge in [0.1, 0.15) is 12.7 Å². The molecule has 2 rings (SSSR count). The molecule has 0 amide bonds. The SMILES string of the molecule is O=C(O)CC1(CCn2cncn2)CC1. The molecule has 0 atom stereocenters. The van der Waals surface area contributed by atoms with Crippen LogP contribution in [0.3, 0.4) is 0 Å². The van der Waals surface area contributed by atoms with E-state index in [-0.39, 0.29) is 5.41 Å². The van der Waals surface area contributed by atoms with Crippen molar-refractivity contribution in [1.29, 1.82) is 0 Å². The summed E-state index contributed by atoms with van der Waals surface area (Å²) < 4.78 is 1.75. The van der Waals surface area contributed by atoms with Crippen LogP contribution in [0.1, 0.15) is 25.7 Å². The Bertz CT molecular complexity index is 317. The van der Waals surface area contributed by atoms with Crippen molar-refractivity contribution in [2.45, 2.75) is 32.2 Å². The summed E-state index contributed by atoms with van der Waals surface area (Å²) in [5.41, 5.74) is 0.0534. The summed E-state index contributed by atoms with van der Waals surface area (Å²) >= 11 is 0. The third-order valence-electron chi connectivity index (χ3n) is 2.82. The van der Waals surface area contributed by atoms with E-state index in [0.717, 1.165) is 25.8 Å². The maximum atomic E-state index is 10.6. The Hall–Kier alpha value is -1.39. The van der Waals surface area contributed by atoms with E-state index in [4.69, 9.17) is 5.11 Å². The van der Waals surface area contributed by atoms with E-state index in [1.54, 1.807) is 11.0 Å². The van der Waals surface area contributed by atoms with E-state index < -0.39 is 5.97 Å². The molecule has 1 fully saturated rings. The highest BCUT2D eigenvalue weighted by atomic mass is 16.4. The van der Waals surface area contributed by atoms with E-state index >= 15 is 0 Å². The summed E-state index contributed by atoms with van der Waals surface area (Å²) in [4.78, 5) is 14.4. The fourth-order valence-corrected chi connectivity index (χ4v) is 1.71. The quantitative estimate of drug-likeness (QED) is 0.758. The molecule has 0 spiro atoms. The second-order valence-electron chi connectivity index (χ2n) is 3.98. The van der Waals surface area contributed by atoms with Crippen molar-refractivity contribution >= 4 is 5.97 Å². The highest BCUT2D eigenvalue weighted by Gasteiger charge is 2.43. The van der Waals surface area contributed by atoms with Crippen LogP contribution in [-0.4, -0.2) is 25.8 Å². The summed E-state index contributed by atoms with van der Waals surface area (Å²) in [7, 11) is 0. The molecule has 1 aliphatic carbocycles. The van der Waals surface area contributed by atoms with Gasteiger partial charge >= 0.3 is 5.97 Å². The molecular weight excluding hydrogens is 182 g/mol. The van der Waals surface area contributed by atoms with Gasteiger partial charge in [-0.1, -0.05) is 0 Å². The molecule has 1 saturated carbocycles. The largest absolute Gasteiger partial charge is 0.481 e. The average Bonchev–Trinajstić information content (AvgIpc) is 2.68. The summed E-state index contributed by atoms with van der Waals surface area (Å²) in [6.07, 6.45) is 6.42. The van der Waals surface area contributed by atoms with Crippen LogP contribution >= 0.6 is 0 Å². The van der Waals surface area contributed by atoms with Gasteiger partial charge in [0.2, 0.25) is 0 Å². The lowest BCUT2D eigenvalue weighted by Crippen LogP contribution is -2.12. The molecule has 5 nitrogen and oxygen atoms in total. The number of carboxylic acid groups (broad SMARTS) is 1. The van der Waals surface area contributed by atoms with Gasteiger partial charge in [0.15, 0.2) is 0 Å². The van der Waals surface area contributed by atoms with Gasteiger partial charge in [0, 0.05) is 6.54 Å². The summed E-state index contributed by atoms with van der Waals surface area (Å²) in [5.74, 6) is -0.693. The molecule has 76 valence electrons. The second kappa shape index (κ2) is 3.40. The standard InChI is InChI=1S/C9H13N3O2/c13-8(14)5-9(1-2-9)3-4-12-7-10-6-11-12/h6-7H,1-5H2,(H,13,14). The predicted molar refractivity (Wildman–Crippen MR) is 48.6 cm³/mol. The third kappa shape index (κ3) is 2.10. The topological polar surface area (TPSA) is 68.0 Å². The van der Waals surface area contributed by atoms with Gasteiger partial charge in [-0.05, 0) is 24.7 Å². The van der Waals surface area contributed by atoms with Gasteiger partial charge in [0.05, 0.1) is 6.42 Å². The molecule has 0 aromatic carbocycles. The number of hydrogen-bond donors (Lipinski definition) is 1. The van der Waals surface area contributed by atoms with Crippen molar-refractivity contribution in [3.05, 3.63) is 12.7 Å². The number of nitrogens with zero attached hydrogens (tertiary/aromatic N) is 3. The van der Waals surface area contributed by atoms with E-state index in [9.17, 15) is 4.79 Å². The zero-order chi connectivity index (χ0) is 10.0. The maximum Gasteiger partial charge on any atom is 0.303 e. The highest BCUT2D eigenvalue weighted by Crippen LogP contribution is 2.51. The van der Waals surface area contributed by atoms with Crippen LogP contribution in [0.25, 0.3) is 0 Å². The van der Waals surface area contributed by atoms with Crippen LogP contribution < -0.4 is 0 Å². The van der Waals surface area contributed by atoms with E-state index in [1.165, 1.54) is 6.33 Å². The minimum absolute atomic E-state index is 0.0534. The monoisotopic (exact) mass is 195 g/mol. The van der Waals surface area contributed by atoms with Gasteiger partial charge in [-0.3, -0.25) is 9.48 Å². The summed E-state index contributed by atoms with van der Waals surface area (Å²) in [6.45, 7) is 0.771. The molecule has 1 heterocycles. The number of carbonyl (C=O) groups is 1. The first-order valence-corrected chi connectivity index (χ1v) is 4.74. The third-order valence-corrected chi connectivity index (χ3v) is 2.82. The van der Waals surface area contributed by atoms with E-state index in [0.29, 0.717) is 6.42 Å². The number of carboxylic acids is 1. The Kier molecular flexibility index (Phi) is 2.23. The van der Waals surface area contributed by atoms with Gasteiger partial charge in [0.25, 0.3) is 0 Å². The molecular formula is C9H13N3O2. The van der Waals surface area contributed by atoms with Gasteiger partial charge < -0.3 is 5.11 Å². The number of rotatable bonds is 5. The Morgan fingerprint density at radius 3 is 2.86 bits per heavy atom. The normalized spacial score (nSPS) is 18.0. The van der Waals surface area contributed by atoms with Crippen molar-refractivity contribution in [3.63, 3.8) is 0 Å². The minimum Gasteiger partial charge on any atom is -0.481 e. The zero-order valence-corrected chi connectivity index (χ0v) is 7.89. The molecule has 0 radical (unpaired) electrons. The summed E-state index contributed by atoms with van der Waals surface area (Å²) in [5, 5.41) is 12.7. The fraction of sp³-hybridized carbons (Fsp3) is 0.667. The van der Waals surface area contributed by atoms with E-state index in [1.807, 2.05) is 0 Å². The Balaban J connectivity index is 1.83. The van der Waals surface area contributed by atoms with Gasteiger partial charge in [-0.25, -0.2) is 4.98 Å². The molecule has 14 heavy (non-hydrogen) atoms. The first kappa shape index (κ1) is 9.18. The molecule has 1 aromatic heterocycles. The smallest absolute Gasteiger partial charge is 0.303 e. The van der Waals surface area contributed by atoms with Crippen molar-refractivity contribution in [2.24, 2.45) is 5.41 Å². The number of aromatic nitrogens is 3. The zero-order valence-electron chi connectivity index (χ0n) is 7.89. The van der Waals surface area contributed by atoms with Crippen LogP contribution in [0, 0.1) is 5.41 Å². The average molecular weight is 195 g/mol. The van der Waals surface area contributed by atoms with Crippen molar-refractivity contribution in [2.75, 3.05) is 0 Å². The molecule has 0 aliphatic heterocycles. The fourth-order valence-electron chi connectivity index (χ4n) is 1.71. The Morgan fingerprint density at radius 2 is 2.36 bits per heavy atom. The maximum absolute atomic E-state index is 10.6. The molecule has 1 aromatic rings. The first-order valence-electron chi connectivity index (χ1n) is 4.74. The minimum atomic E-state index is -0.693. The lowest BCUT2D eigenvalue weighted by Gasteiger charge is -2.11. The van der Waals surface area contributed by atoms with Crippen molar-refractivity contribution in [1.82, 2.24) is 14.8 Å². The highest BCUT2D eigenvalue weighted by molar-refractivity contribution is 5.68. The molecule has 0 unspecified atom stereocenters. The predicted octanol–water partition coefficient (Wildman–Crippen LogP) is 0.923. The van der Waals surface area contributed by atoms with Crippen LogP contribution in [0.2, 0.25) is 0 Å². The number of hydrogen-bond acceptors (Lipinski definition) is 3. The van der Waals surface area contributed by atoms with E-state index in [2.05, 4.69) is 10.1 Å². The first-order chi connectivity index (χ1) is 6.70. The van der Waals surface area contributed by atoms with Gasteiger partial charge in [-0.2, -0.15) is 5.10 Å².